The second-order valence-electron chi connectivity index (χ2n) is 5.21. The van der Waals surface area contributed by atoms with Gasteiger partial charge >= 0.3 is 0 Å². The van der Waals surface area contributed by atoms with Crippen molar-refractivity contribution in [3.63, 3.8) is 0 Å². The second kappa shape index (κ2) is 4.60. The molecule has 3 nitrogen and oxygen atoms in total. The van der Waals surface area contributed by atoms with Crippen LogP contribution in [0.2, 0.25) is 0 Å². The zero-order chi connectivity index (χ0) is 10.8. The fraction of sp³-hybridized carbons (Fsp3) is 1.00. The van der Waals surface area contributed by atoms with Gasteiger partial charge in [0.25, 0.3) is 0 Å². The number of nitrogens with one attached hydrogen (secondary N) is 1. The Morgan fingerprint density at radius 2 is 2.00 bits per heavy atom. The smallest absolute Gasteiger partial charge is 0.0972 e. The van der Waals surface area contributed by atoms with Gasteiger partial charge in [-0.1, -0.05) is 13.8 Å². The molecule has 0 aromatic rings. The van der Waals surface area contributed by atoms with Crippen LogP contribution in [-0.4, -0.2) is 35.0 Å². The van der Waals surface area contributed by atoms with Crippen LogP contribution in [0.3, 0.4) is 0 Å². The van der Waals surface area contributed by atoms with Crippen LogP contribution in [0, 0.1) is 11.8 Å². The highest BCUT2D eigenvalue weighted by Gasteiger charge is 2.32. The summed E-state index contributed by atoms with van der Waals surface area (Å²) in [5.41, 5.74) is -0.969. The Morgan fingerprint density at radius 3 is 2.43 bits per heavy atom. The van der Waals surface area contributed by atoms with Crippen LogP contribution >= 0.6 is 0 Å². The predicted molar refractivity (Wildman–Crippen MR) is 57.1 cm³/mol. The van der Waals surface area contributed by atoms with Crippen molar-refractivity contribution in [3.8, 4) is 0 Å². The van der Waals surface area contributed by atoms with Crippen molar-refractivity contribution >= 4 is 0 Å². The second-order valence-corrected chi connectivity index (χ2v) is 5.21. The molecule has 0 amide bonds. The summed E-state index contributed by atoms with van der Waals surface area (Å²) in [6.07, 6.45) is 2.42. The third-order valence-corrected chi connectivity index (χ3v) is 3.23. The van der Waals surface area contributed by atoms with Gasteiger partial charge in [-0.05, 0) is 31.6 Å². The third kappa shape index (κ3) is 3.23. The van der Waals surface area contributed by atoms with Crippen molar-refractivity contribution in [2.24, 2.45) is 11.8 Å². The van der Waals surface area contributed by atoms with Crippen molar-refractivity contribution in [3.05, 3.63) is 0 Å². The normalized spacial score (nSPS) is 31.3. The number of rotatable bonds is 5. The topological polar surface area (TPSA) is 52.5 Å². The Labute approximate surface area is 86.5 Å². The molecule has 1 fully saturated rings. The van der Waals surface area contributed by atoms with Crippen molar-refractivity contribution in [2.45, 2.75) is 45.3 Å². The monoisotopic (exact) mass is 201 g/mol. The zero-order valence-electron chi connectivity index (χ0n) is 9.45. The third-order valence-electron chi connectivity index (χ3n) is 3.23. The maximum atomic E-state index is 9.55. The predicted octanol–water partition coefficient (Wildman–Crippen LogP) is 0.754. The van der Waals surface area contributed by atoms with Gasteiger partial charge in [0.1, 0.15) is 0 Å². The van der Waals surface area contributed by atoms with Crippen LogP contribution in [0.15, 0.2) is 0 Å². The Morgan fingerprint density at radius 1 is 1.43 bits per heavy atom. The van der Waals surface area contributed by atoms with Gasteiger partial charge in [-0.3, -0.25) is 0 Å². The lowest BCUT2D eigenvalue weighted by Crippen LogP contribution is -2.50. The van der Waals surface area contributed by atoms with Crippen LogP contribution in [-0.2, 0) is 0 Å². The molecular weight excluding hydrogens is 178 g/mol. The fourth-order valence-electron chi connectivity index (χ4n) is 1.79. The van der Waals surface area contributed by atoms with Crippen LogP contribution < -0.4 is 5.32 Å². The molecule has 1 aliphatic rings. The van der Waals surface area contributed by atoms with E-state index in [0.717, 1.165) is 11.8 Å². The highest BCUT2D eigenvalue weighted by atomic mass is 16.3. The summed E-state index contributed by atoms with van der Waals surface area (Å²) < 4.78 is 0. The lowest BCUT2D eigenvalue weighted by atomic mass is 9.73. The first-order chi connectivity index (χ1) is 6.44. The Bertz CT molecular complexity index is 174. The molecule has 14 heavy (non-hydrogen) atoms. The maximum absolute atomic E-state index is 9.55. The van der Waals surface area contributed by atoms with Crippen LogP contribution in [0.25, 0.3) is 0 Å². The van der Waals surface area contributed by atoms with Crippen molar-refractivity contribution in [1.29, 1.82) is 0 Å². The molecule has 1 aliphatic carbocycles. The maximum Gasteiger partial charge on any atom is 0.0972 e. The molecule has 0 aromatic heterocycles. The molecule has 1 atom stereocenters. The van der Waals surface area contributed by atoms with E-state index < -0.39 is 5.60 Å². The van der Waals surface area contributed by atoms with Gasteiger partial charge < -0.3 is 15.5 Å². The van der Waals surface area contributed by atoms with E-state index in [9.17, 15) is 5.11 Å². The molecule has 0 heterocycles. The molecule has 0 aliphatic heterocycles. The van der Waals surface area contributed by atoms with Crippen molar-refractivity contribution < 1.29 is 10.2 Å². The van der Waals surface area contributed by atoms with E-state index in [2.05, 4.69) is 19.2 Å². The minimum Gasteiger partial charge on any atom is -0.393 e. The van der Waals surface area contributed by atoms with E-state index in [0.29, 0.717) is 12.6 Å². The molecule has 3 N–H and O–H groups in total. The highest BCUT2D eigenvalue weighted by Crippen LogP contribution is 2.33. The molecule has 3 heteroatoms. The summed E-state index contributed by atoms with van der Waals surface area (Å²) in [7, 11) is 0. The van der Waals surface area contributed by atoms with Gasteiger partial charge in [-0.25, -0.2) is 0 Å². The molecular formula is C11H23NO2. The molecule has 0 saturated heterocycles. The average Bonchev–Trinajstić information content (AvgIpc) is 2.00. The van der Waals surface area contributed by atoms with Crippen LogP contribution in [0.1, 0.15) is 33.6 Å². The molecule has 84 valence electrons. The molecule has 0 radical (unpaired) electrons. The Kier molecular flexibility index (Phi) is 3.93. The van der Waals surface area contributed by atoms with E-state index in [1.54, 1.807) is 6.92 Å². The van der Waals surface area contributed by atoms with Gasteiger partial charge in [0.15, 0.2) is 0 Å². The minimum absolute atomic E-state index is 0.180. The molecule has 0 aromatic carbocycles. The Balaban J connectivity index is 2.12. The first-order valence-corrected chi connectivity index (χ1v) is 5.51. The van der Waals surface area contributed by atoms with Gasteiger partial charge in [0, 0.05) is 12.6 Å². The van der Waals surface area contributed by atoms with Crippen LogP contribution in [0.4, 0.5) is 0 Å². The largest absolute Gasteiger partial charge is 0.393 e. The summed E-state index contributed by atoms with van der Waals surface area (Å²) in [5, 5.41) is 21.7. The SMILES string of the molecule is CC(C)C1CC(NCC(C)(O)CO)C1. The molecule has 1 saturated carbocycles. The van der Waals surface area contributed by atoms with E-state index >= 15 is 0 Å². The summed E-state index contributed by atoms with van der Waals surface area (Å²) in [5.74, 6) is 1.61. The number of aliphatic hydroxyl groups is 2. The van der Waals surface area contributed by atoms with Gasteiger partial charge in [-0.2, -0.15) is 0 Å². The molecule has 0 spiro atoms. The van der Waals surface area contributed by atoms with Crippen molar-refractivity contribution in [2.75, 3.05) is 13.2 Å². The summed E-state index contributed by atoms with van der Waals surface area (Å²) in [6, 6.07) is 0.542. The molecule has 0 bridgehead atoms. The van der Waals surface area contributed by atoms with E-state index in [4.69, 9.17) is 5.11 Å². The Hall–Kier alpha value is -0.120. The van der Waals surface area contributed by atoms with E-state index in [-0.39, 0.29) is 6.61 Å². The van der Waals surface area contributed by atoms with E-state index in [1.807, 2.05) is 0 Å². The van der Waals surface area contributed by atoms with Crippen molar-refractivity contribution in [1.82, 2.24) is 5.32 Å². The minimum atomic E-state index is -0.969. The number of hydrogen-bond donors (Lipinski definition) is 3. The highest BCUT2D eigenvalue weighted by molar-refractivity contribution is 4.88. The first kappa shape index (κ1) is 12.0. The molecule has 1 unspecified atom stereocenters. The van der Waals surface area contributed by atoms with Gasteiger partial charge in [-0.15, -0.1) is 0 Å². The number of aliphatic hydroxyl groups excluding tert-OH is 1. The average molecular weight is 201 g/mol. The zero-order valence-corrected chi connectivity index (χ0v) is 9.45. The summed E-state index contributed by atoms with van der Waals surface area (Å²) >= 11 is 0. The fourth-order valence-corrected chi connectivity index (χ4v) is 1.79. The standard InChI is InChI=1S/C11H23NO2/c1-8(2)9-4-10(5-9)12-6-11(3,14)7-13/h8-10,12-14H,4-7H2,1-3H3. The lowest BCUT2D eigenvalue weighted by molar-refractivity contribution is -0.00426. The lowest BCUT2D eigenvalue weighted by Gasteiger charge is -2.40. The van der Waals surface area contributed by atoms with Crippen LogP contribution in [0.5, 0.6) is 0 Å². The van der Waals surface area contributed by atoms with Gasteiger partial charge in [0.05, 0.1) is 12.2 Å². The first-order valence-electron chi connectivity index (χ1n) is 5.51. The summed E-state index contributed by atoms with van der Waals surface area (Å²) in [6.45, 7) is 6.47. The summed E-state index contributed by atoms with van der Waals surface area (Å²) in [4.78, 5) is 0. The quantitative estimate of drug-likeness (QED) is 0.615. The van der Waals surface area contributed by atoms with E-state index in [1.165, 1.54) is 12.8 Å². The number of hydrogen-bond acceptors (Lipinski definition) is 3. The molecule has 1 rings (SSSR count). The van der Waals surface area contributed by atoms with Gasteiger partial charge in [0.2, 0.25) is 0 Å².